The quantitative estimate of drug-likeness (QED) is 0.811. The summed E-state index contributed by atoms with van der Waals surface area (Å²) < 4.78 is 27.9. The smallest absolute Gasteiger partial charge is 0.376 e. The Morgan fingerprint density at radius 2 is 1.90 bits per heavy atom. The van der Waals surface area contributed by atoms with Crippen molar-refractivity contribution in [2.45, 2.75) is 0 Å². The third-order valence-electron chi connectivity index (χ3n) is 2.54. The maximum atomic E-state index is 13.8. The second-order valence-corrected chi connectivity index (χ2v) is 4.24. The number of carbonyl (C=O) groups excluding carboxylic acids is 2. The van der Waals surface area contributed by atoms with E-state index in [2.05, 4.69) is 14.5 Å². The van der Waals surface area contributed by atoms with Crippen LogP contribution in [0.1, 0.15) is 21.0 Å². The van der Waals surface area contributed by atoms with E-state index in [1.165, 1.54) is 12.1 Å². The van der Waals surface area contributed by atoms with Crippen LogP contribution in [-0.2, 0) is 9.47 Å². The van der Waals surface area contributed by atoms with Gasteiger partial charge in [-0.1, -0.05) is 11.6 Å². The number of hydrogen-bond donors (Lipinski definition) is 0. The standard InChI is InChI=1S/C13H9ClFNO5/c1-19-12(17)9-10(13(18)20-2)21-11(16-9)7-5-6(14)3-4-8(7)15/h3-5H,1-2H3. The molecule has 0 aliphatic carbocycles. The SMILES string of the molecule is COC(=O)c1nc(-c2cc(Cl)ccc2F)oc1C(=O)OC. The molecule has 2 aromatic rings. The third-order valence-corrected chi connectivity index (χ3v) is 2.77. The Labute approximate surface area is 123 Å². The van der Waals surface area contributed by atoms with Gasteiger partial charge in [-0.2, -0.15) is 0 Å². The summed E-state index contributed by atoms with van der Waals surface area (Å²) >= 11 is 5.77. The first-order valence-corrected chi connectivity index (χ1v) is 5.98. The highest BCUT2D eigenvalue weighted by Crippen LogP contribution is 2.28. The van der Waals surface area contributed by atoms with Crippen LogP contribution >= 0.6 is 11.6 Å². The Kier molecular flexibility index (Phi) is 4.23. The van der Waals surface area contributed by atoms with E-state index in [1.54, 1.807) is 0 Å². The van der Waals surface area contributed by atoms with Gasteiger partial charge in [0.05, 0.1) is 19.8 Å². The summed E-state index contributed by atoms with van der Waals surface area (Å²) in [6.45, 7) is 0. The highest BCUT2D eigenvalue weighted by Gasteiger charge is 2.28. The van der Waals surface area contributed by atoms with Crippen molar-refractivity contribution in [2.75, 3.05) is 14.2 Å². The Bertz CT molecular complexity index is 679. The summed E-state index contributed by atoms with van der Waals surface area (Å²) in [5.74, 6) is -3.27. The number of aromatic nitrogens is 1. The highest BCUT2D eigenvalue weighted by molar-refractivity contribution is 6.30. The fourth-order valence-corrected chi connectivity index (χ4v) is 1.73. The van der Waals surface area contributed by atoms with Crippen molar-refractivity contribution >= 4 is 23.5 Å². The van der Waals surface area contributed by atoms with Crippen LogP contribution in [0.2, 0.25) is 5.02 Å². The molecule has 0 saturated heterocycles. The molecular formula is C13H9ClFNO5. The van der Waals surface area contributed by atoms with Gasteiger partial charge < -0.3 is 13.9 Å². The van der Waals surface area contributed by atoms with Crippen LogP contribution in [0.15, 0.2) is 22.6 Å². The lowest BCUT2D eigenvalue weighted by molar-refractivity contribution is 0.0527. The zero-order chi connectivity index (χ0) is 15.6. The van der Waals surface area contributed by atoms with Gasteiger partial charge in [0.1, 0.15) is 5.82 Å². The lowest BCUT2D eigenvalue weighted by atomic mass is 10.2. The Morgan fingerprint density at radius 3 is 2.52 bits per heavy atom. The number of esters is 2. The molecule has 0 radical (unpaired) electrons. The Balaban J connectivity index is 2.61. The zero-order valence-electron chi connectivity index (χ0n) is 11.0. The molecule has 2 rings (SSSR count). The average Bonchev–Trinajstić information content (AvgIpc) is 2.93. The first-order valence-electron chi connectivity index (χ1n) is 5.60. The van der Waals surface area contributed by atoms with Crippen LogP contribution in [0.4, 0.5) is 4.39 Å². The van der Waals surface area contributed by atoms with Crippen molar-refractivity contribution in [2.24, 2.45) is 0 Å². The van der Waals surface area contributed by atoms with Crippen molar-refractivity contribution in [3.05, 3.63) is 40.5 Å². The van der Waals surface area contributed by atoms with Crippen LogP contribution in [-0.4, -0.2) is 31.1 Å². The van der Waals surface area contributed by atoms with Gasteiger partial charge in [0, 0.05) is 5.02 Å². The lowest BCUT2D eigenvalue weighted by Crippen LogP contribution is -2.10. The minimum atomic E-state index is -0.934. The molecule has 0 bridgehead atoms. The fourth-order valence-electron chi connectivity index (χ4n) is 1.56. The van der Waals surface area contributed by atoms with Gasteiger partial charge >= 0.3 is 11.9 Å². The fraction of sp³-hybridized carbons (Fsp3) is 0.154. The number of rotatable bonds is 3. The van der Waals surface area contributed by atoms with Crippen molar-refractivity contribution in [3.63, 3.8) is 0 Å². The molecule has 1 heterocycles. The molecule has 21 heavy (non-hydrogen) atoms. The third kappa shape index (κ3) is 2.87. The molecule has 110 valence electrons. The molecule has 0 unspecified atom stereocenters. The predicted octanol–water partition coefficient (Wildman–Crippen LogP) is 2.71. The van der Waals surface area contributed by atoms with E-state index in [1.807, 2.05) is 0 Å². The molecule has 6 nitrogen and oxygen atoms in total. The minimum absolute atomic E-state index is 0.0946. The summed E-state index contributed by atoms with van der Waals surface area (Å²) in [7, 11) is 2.21. The number of hydrogen-bond acceptors (Lipinski definition) is 6. The number of oxazole rings is 1. The second-order valence-electron chi connectivity index (χ2n) is 3.80. The molecule has 0 N–H and O–H groups in total. The largest absolute Gasteiger partial charge is 0.464 e. The number of carbonyl (C=O) groups is 2. The Morgan fingerprint density at radius 1 is 1.24 bits per heavy atom. The molecule has 0 aliphatic rings. The number of halogens is 2. The molecule has 1 aromatic carbocycles. The van der Waals surface area contributed by atoms with Crippen molar-refractivity contribution in [1.82, 2.24) is 4.98 Å². The van der Waals surface area contributed by atoms with E-state index in [0.717, 1.165) is 20.3 Å². The molecule has 0 amide bonds. The maximum Gasteiger partial charge on any atom is 0.376 e. The molecule has 0 aliphatic heterocycles. The van der Waals surface area contributed by atoms with E-state index in [4.69, 9.17) is 16.0 Å². The molecule has 8 heteroatoms. The summed E-state index contributed by atoms with van der Waals surface area (Å²) in [6, 6.07) is 3.70. The van der Waals surface area contributed by atoms with E-state index in [0.29, 0.717) is 0 Å². The van der Waals surface area contributed by atoms with Gasteiger partial charge in [-0.3, -0.25) is 0 Å². The van der Waals surface area contributed by atoms with Gasteiger partial charge in [-0.15, -0.1) is 0 Å². The molecule has 1 aromatic heterocycles. The molecule has 0 fully saturated rings. The van der Waals surface area contributed by atoms with Gasteiger partial charge in [0.25, 0.3) is 0 Å². The molecule has 0 spiro atoms. The number of ether oxygens (including phenoxy) is 2. The monoisotopic (exact) mass is 313 g/mol. The summed E-state index contributed by atoms with van der Waals surface area (Å²) in [5, 5.41) is 0.240. The normalized spacial score (nSPS) is 10.3. The first-order chi connectivity index (χ1) is 9.97. The van der Waals surface area contributed by atoms with E-state index in [-0.39, 0.29) is 16.5 Å². The first kappa shape index (κ1) is 15.0. The Hall–Kier alpha value is -2.41. The summed E-state index contributed by atoms with van der Waals surface area (Å²) in [5.41, 5.74) is -0.499. The van der Waals surface area contributed by atoms with Crippen LogP contribution < -0.4 is 0 Å². The maximum absolute atomic E-state index is 13.8. The van der Waals surface area contributed by atoms with E-state index in [9.17, 15) is 14.0 Å². The van der Waals surface area contributed by atoms with Gasteiger partial charge in [-0.05, 0) is 18.2 Å². The van der Waals surface area contributed by atoms with Crippen LogP contribution in [0.3, 0.4) is 0 Å². The average molecular weight is 314 g/mol. The van der Waals surface area contributed by atoms with Crippen LogP contribution in [0.5, 0.6) is 0 Å². The molecule has 0 atom stereocenters. The molecule has 0 saturated carbocycles. The van der Waals surface area contributed by atoms with Gasteiger partial charge in [0.15, 0.2) is 0 Å². The number of benzene rings is 1. The summed E-state index contributed by atoms with van der Waals surface area (Å²) in [4.78, 5) is 26.9. The van der Waals surface area contributed by atoms with E-state index >= 15 is 0 Å². The zero-order valence-corrected chi connectivity index (χ0v) is 11.7. The van der Waals surface area contributed by atoms with Crippen LogP contribution in [0.25, 0.3) is 11.5 Å². The van der Waals surface area contributed by atoms with Crippen molar-refractivity contribution in [3.8, 4) is 11.5 Å². The topological polar surface area (TPSA) is 78.6 Å². The summed E-state index contributed by atoms with van der Waals surface area (Å²) in [6.07, 6.45) is 0. The van der Waals surface area contributed by atoms with E-state index < -0.39 is 29.2 Å². The van der Waals surface area contributed by atoms with Gasteiger partial charge in [-0.25, -0.2) is 19.0 Å². The van der Waals surface area contributed by atoms with Crippen LogP contribution in [0, 0.1) is 5.82 Å². The molecular weight excluding hydrogens is 305 g/mol. The second kappa shape index (κ2) is 5.92. The van der Waals surface area contributed by atoms with Gasteiger partial charge in [0.2, 0.25) is 17.3 Å². The number of methoxy groups -OCH3 is 2. The minimum Gasteiger partial charge on any atom is -0.464 e. The predicted molar refractivity (Wildman–Crippen MR) is 69.6 cm³/mol. The highest BCUT2D eigenvalue weighted by atomic mass is 35.5. The van der Waals surface area contributed by atoms with Crippen molar-refractivity contribution < 1.29 is 27.9 Å². The van der Waals surface area contributed by atoms with Crippen molar-refractivity contribution in [1.29, 1.82) is 0 Å². The number of nitrogens with zero attached hydrogens (tertiary/aromatic N) is 1. The lowest BCUT2D eigenvalue weighted by Gasteiger charge is -1.98.